The molecule has 0 atom stereocenters. The molecule has 0 amide bonds. The van der Waals surface area contributed by atoms with Gasteiger partial charge in [-0.2, -0.15) is 0 Å². The number of fused-ring (bicyclic) bond motifs is 1. The van der Waals surface area contributed by atoms with Gasteiger partial charge in [-0.15, -0.1) is 0 Å². The number of pyridine rings is 1. The van der Waals surface area contributed by atoms with Gasteiger partial charge in [0.05, 0.1) is 12.7 Å². The largest absolute Gasteiger partial charge is 0.496 e. The molecule has 3 rings (SSSR count). The normalized spacial score (nSPS) is 10.5. The maximum Gasteiger partial charge on any atom is 0.335 e. The van der Waals surface area contributed by atoms with E-state index in [1.807, 2.05) is 24.3 Å². The van der Waals surface area contributed by atoms with E-state index in [4.69, 9.17) is 9.84 Å². The molecule has 1 heterocycles. The average Bonchev–Trinajstić information content (AvgIpc) is 2.53. The predicted molar refractivity (Wildman–Crippen MR) is 80.7 cm³/mol. The quantitative estimate of drug-likeness (QED) is 0.795. The van der Waals surface area contributed by atoms with Crippen LogP contribution in [-0.4, -0.2) is 23.2 Å². The van der Waals surface area contributed by atoms with Crippen LogP contribution < -0.4 is 4.74 Å². The number of ether oxygens (including phenoxy) is 1. The Balaban J connectivity index is 2.32. The van der Waals surface area contributed by atoms with E-state index < -0.39 is 5.97 Å². The Morgan fingerprint density at radius 3 is 2.81 bits per heavy atom. The highest BCUT2D eigenvalue weighted by Gasteiger charge is 2.12. The van der Waals surface area contributed by atoms with Gasteiger partial charge in [0.15, 0.2) is 0 Å². The van der Waals surface area contributed by atoms with Gasteiger partial charge in [-0.1, -0.05) is 18.2 Å². The summed E-state index contributed by atoms with van der Waals surface area (Å²) in [5.41, 5.74) is 1.90. The summed E-state index contributed by atoms with van der Waals surface area (Å²) in [7, 11) is 1.60. The van der Waals surface area contributed by atoms with Crippen LogP contribution in [0.1, 0.15) is 10.4 Å². The number of methoxy groups -OCH3 is 1. The second kappa shape index (κ2) is 5.25. The van der Waals surface area contributed by atoms with E-state index in [-0.39, 0.29) is 5.56 Å². The van der Waals surface area contributed by atoms with Crippen molar-refractivity contribution in [2.75, 3.05) is 7.11 Å². The number of carboxylic acids is 1. The molecule has 0 aliphatic rings. The standard InChI is InChI=1S/C17H13NO3/c1-21-15-6-5-11-7-8-18-10-14(11)16(15)12-3-2-4-13(9-12)17(19)20/h2-10H,1H3,(H,19,20). The molecule has 0 radical (unpaired) electrons. The Morgan fingerprint density at radius 2 is 2.05 bits per heavy atom. The van der Waals surface area contributed by atoms with E-state index in [0.717, 1.165) is 21.9 Å². The van der Waals surface area contributed by atoms with Crippen molar-refractivity contribution in [1.29, 1.82) is 0 Å². The van der Waals surface area contributed by atoms with Gasteiger partial charge >= 0.3 is 5.97 Å². The van der Waals surface area contributed by atoms with E-state index in [1.54, 1.807) is 37.7 Å². The lowest BCUT2D eigenvalue weighted by molar-refractivity contribution is 0.0697. The highest BCUT2D eigenvalue weighted by molar-refractivity contribution is 6.00. The van der Waals surface area contributed by atoms with Crippen molar-refractivity contribution in [2.24, 2.45) is 0 Å². The summed E-state index contributed by atoms with van der Waals surface area (Å²) >= 11 is 0. The SMILES string of the molecule is COc1ccc2ccncc2c1-c1cccc(C(=O)O)c1. The molecular weight excluding hydrogens is 266 g/mol. The summed E-state index contributed by atoms with van der Waals surface area (Å²) in [5, 5.41) is 11.1. The van der Waals surface area contributed by atoms with Gasteiger partial charge in [-0.25, -0.2) is 4.79 Å². The molecule has 1 N–H and O–H groups in total. The summed E-state index contributed by atoms with van der Waals surface area (Å²) in [6.45, 7) is 0. The summed E-state index contributed by atoms with van der Waals surface area (Å²) in [6, 6.07) is 12.6. The zero-order chi connectivity index (χ0) is 14.8. The highest BCUT2D eigenvalue weighted by atomic mass is 16.5. The molecule has 0 aliphatic carbocycles. The molecule has 21 heavy (non-hydrogen) atoms. The molecule has 4 heteroatoms. The Bertz CT molecular complexity index is 827. The van der Waals surface area contributed by atoms with Gasteiger partial charge in [0, 0.05) is 23.3 Å². The fourth-order valence-electron chi connectivity index (χ4n) is 2.42. The molecule has 0 saturated carbocycles. The van der Waals surface area contributed by atoms with Crippen molar-refractivity contribution in [3.05, 3.63) is 60.4 Å². The van der Waals surface area contributed by atoms with Crippen LogP contribution in [0, 0.1) is 0 Å². The third kappa shape index (κ3) is 2.31. The van der Waals surface area contributed by atoms with Crippen LogP contribution >= 0.6 is 0 Å². The summed E-state index contributed by atoms with van der Waals surface area (Å²) < 4.78 is 5.43. The van der Waals surface area contributed by atoms with Crippen molar-refractivity contribution in [3.63, 3.8) is 0 Å². The van der Waals surface area contributed by atoms with E-state index in [1.165, 1.54) is 0 Å². The predicted octanol–water partition coefficient (Wildman–Crippen LogP) is 3.61. The lowest BCUT2D eigenvalue weighted by atomic mass is 9.97. The van der Waals surface area contributed by atoms with Crippen LogP contribution in [0.2, 0.25) is 0 Å². The van der Waals surface area contributed by atoms with Crippen molar-refractivity contribution >= 4 is 16.7 Å². The van der Waals surface area contributed by atoms with Crippen molar-refractivity contribution in [2.45, 2.75) is 0 Å². The minimum atomic E-state index is -0.950. The minimum Gasteiger partial charge on any atom is -0.496 e. The molecular formula is C17H13NO3. The second-order valence-corrected chi connectivity index (χ2v) is 4.63. The van der Waals surface area contributed by atoms with Crippen molar-refractivity contribution < 1.29 is 14.6 Å². The van der Waals surface area contributed by atoms with Gasteiger partial charge in [-0.05, 0) is 35.2 Å². The molecule has 0 spiro atoms. The third-order valence-electron chi connectivity index (χ3n) is 3.40. The molecule has 0 fully saturated rings. The Kier molecular flexibility index (Phi) is 3.28. The molecule has 0 aliphatic heterocycles. The number of carbonyl (C=O) groups is 1. The first-order chi connectivity index (χ1) is 10.2. The van der Waals surface area contributed by atoms with E-state index in [2.05, 4.69) is 4.98 Å². The number of hydrogen-bond donors (Lipinski definition) is 1. The lowest BCUT2D eigenvalue weighted by Crippen LogP contribution is -1.97. The summed E-state index contributed by atoms with van der Waals surface area (Å²) in [4.78, 5) is 15.3. The molecule has 2 aromatic carbocycles. The second-order valence-electron chi connectivity index (χ2n) is 4.63. The van der Waals surface area contributed by atoms with Crippen LogP contribution in [-0.2, 0) is 0 Å². The molecule has 1 aromatic heterocycles. The molecule has 0 bridgehead atoms. The van der Waals surface area contributed by atoms with E-state index in [9.17, 15) is 4.79 Å². The topological polar surface area (TPSA) is 59.4 Å². The fourth-order valence-corrected chi connectivity index (χ4v) is 2.42. The zero-order valence-electron chi connectivity index (χ0n) is 11.4. The molecule has 0 unspecified atom stereocenters. The number of aromatic carboxylic acids is 1. The van der Waals surface area contributed by atoms with Crippen molar-refractivity contribution in [1.82, 2.24) is 4.98 Å². The third-order valence-corrected chi connectivity index (χ3v) is 3.40. The minimum absolute atomic E-state index is 0.246. The van der Waals surface area contributed by atoms with Gasteiger partial charge in [0.25, 0.3) is 0 Å². The number of aromatic nitrogens is 1. The summed E-state index contributed by atoms with van der Waals surface area (Å²) in [5.74, 6) is -0.257. The Hall–Kier alpha value is -2.88. The molecule has 104 valence electrons. The number of hydrogen-bond acceptors (Lipinski definition) is 3. The monoisotopic (exact) mass is 279 g/mol. The van der Waals surface area contributed by atoms with Gasteiger partial charge < -0.3 is 9.84 Å². The maximum absolute atomic E-state index is 11.2. The fraction of sp³-hybridized carbons (Fsp3) is 0.0588. The number of nitrogens with zero attached hydrogens (tertiary/aromatic N) is 1. The molecule has 3 aromatic rings. The van der Waals surface area contributed by atoms with Crippen LogP contribution in [0.25, 0.3) is 21.9 Å². The lowest BCUT2D eigenvalue weighted by Gasteiger charge is -2.12. The first-order valence-corrected chi connectivity index (χ1v) is 6.45. The van der Waals surface area contributed by atoms with Crippen LogP contribution in [0.3, 0.4) is 0 Å². The van der Waals surface area contributed by atoms with Crippen LogP contribution in [0.5, 0.6) is 5.75 Å². The first-order valence-electron chi connectivity index (χ1n) is 6.45. The van der Waals surface area contributed by atoms with Gasteiger partial charge in [-0.3, -0.25) is 4.98 Å². The highest BCUT2D eigenvalue weighted by Crippen LogP contribution is 2.36. The van der Waals surface area contributed by atoms with E-state index in [0.29, 0.717) is 5.75 Å². The Labute approximate surface area is 121 Å². The number of rotatable bonds is 3. The number of carboxylic acid groups (broad SMARTS) is 1. The van der Waals surface area contributed by atoms with E-state index >= 15 is 0 Å². The smallest absolute Gasteiger partial charge is 0.335 e. The maximum atomic E-state index is 11.2. The van der Waals surface area contributed by atoms with Gasteiger partial charge in [0.1, 0.15) is 5.75 Å². The van der Waals surface area contributed by atoms with Crippen molar-refractivity contribution in [3.8, 4) is 16.9 Å². The van der Waals surface area contributed by atoms with Crippen LogP contribution in [0.15, 0.2) is 54.9 Å². The Morgan fingerprint density at radius 1 is 1.19 bits per heavy atom. The molecule has 4 nitrogen and oxygen atoms in total. The first kappa shape index (κ1) is 13.1. The molecule has 0 saturated heterocycles. The summed E-state index contributed by atoms with van der Waals surface area (Å²) in [6.07, 6.45) is 3.49. The average molecular weight is 279 g/mol. The zero-order valence-corrected chi connectivity index (χ0v) is 11.4. The van der Waals surface area contributed by atoms with Gasteiger partial charge in [0.2, 0.25) is 0 Å². The number of benzene rings is 2. The van der Waals surface area contributed by atoms with Crippen LogP contribution in [0.4, 0.5) is 0 Å².